The number of hydrogen-bond acceptors (Lipinski definition) is 3. The molecule has 1 aromatic heterocycles. The fourth-order valence-corrected chi connectivity index (χ4v) is 2.19. The maximum atomic E-state index is 12.0. The summed E-state index contributed by atoms with van der Waals surface area (Å²) in [6.45, 7) is 2.26. The van der Waals surface area contributed by atoms with Crippen molar-refractivity contribution in [2.45, 2.75) is 25.9 Å². The minimum atomic E-state index is -0.214. The molecule has 1 unspecified atom stereocenters. The highest BCUT2D eigenvalue weighted by molar-refractivity contribution is 9.10. The maximum Gasteiger partial charge on any atom is 0.287 e. The van der Waals surface area contributed by atoms with Crippen molar-refractivity contribution >= 4 is 21.8 Å². The molecule has 0 fully saturated rings. The van der Waals surface area contributed by atoms with E-state index in [1.165, 1.54) is 5.56 Å². The molecule has 0 bridgehead atoms. The fraction of sp³-hybridized carbons (Fsp3) is 0.267. The molecule has 0 saturated heterocycles. The molecular formula is C15H17BrN2O2. The average Bonchev–Trinajstić information content (AvgIpc) is 2.90. The van der Waals surface area contributed by atoms with Crippen LogP contribution < -0.4 is 11.1 Å². The zero-order chi connectivity index (χ0) is 14.5. The monoisotopic (exact) mass is 336 g/mol. The Morgan fingerprint density at radius 1 is 1.30 bits per heavy atom. The van der Waals surface area contributed by atoms with Gasteiger partial charge in [-0.2, -0.15) is 0 Å². The average molecular weight is 337 g/mol. The Morgan fingerprint density at radius 2 is 2.00 bits per heavy atom. The van der Waals surface area contributed by atoms with E-state index in [9.17, 15) is 4.79 Å². The summed E-state index contributed by atoms with van der Waals surface area (Å²) in [5, 5.41) is 2.91. The highest BCUT2D eigenvalue weighted by atomic mass is 79.9. The number of amides is 1. The van der Waals surface area contributed by atoms with Crippen LogP contribution in [0.4, 0.5) is 0 Å². The maximum absolute atomic E-state index is 12.0. The normalized spacial score (nSPS) is 12.2. The molecule has 1 atom stereocenters. The van der Waals surface area contributed by atoms with Crippen LogP contribution >= 0.6 is 15.9 Å². The lowest BCUT2D eigenvalue weighted by Gasteiger charge is -2.13. The second-order valence-electron chi connectivity index (χ2n) is 4.68. The molecule has 0 aliphatic carbocycles. The summed E-state index contributed by atoms with van der Waals surface area (Å²) in [6.07, 6.45) is 0.767. The molecular weight excluding hydrogens is 320 g/mol. The first-order chi connectivity index (χ1) is 9.58. The van der Waals surface area contributed by atoms with E-state index in [4.69, 9.17) is 10.2 Å². The quantitative estimate of drug-likeness (QED) is 0.882. The van der Waals surface area contributed by atoms with Gasteiger partial charge in [-0.15, -0.1) is 0 Å². The SMILES string of the molecule is CC(Cc1ccc(Br)cc1)NC(=O)c1ccc(CN)o1. The summed E-state index contributed by atoms with van der Waals surface area (Å²) in [5.41, 5.74) is 6.62. The summed E-state index contributed by atoms with van der Waals surface area (Å²) in [6, 6.07) is 11.4. The number of rotatable bonds is 5. The van der Waals surface area contributed by atoms with Gasteiger partial charge < -0.3 is 15.5 Å². The summed E-state index contributed by atoms with van der Waals surface area (Å²) in [7, 11) is 0. The van der Waals surface area contributed by atoms with Crippen molar-refractivity contribution in [3.8, 4) is 0 Å². The van der Waals surface area contributed by atoms with Gasteiger partial charge in [0, 0.05) is 10.5 Å². The van der Waals surface area contributed by atoms with Gasteiger partial charge in [-0.3, -0.25) is 4.79 Å². The lowest BCUT2D eigenvalue weighted by Crippen LogP contribution is -2.33. The van der Waals surface area contributed by atoms with Crippen molar-refractivity contribution < 1.29 is 9.21 Å². The van der Waals surface area contributed by atoms with E-state index in [0.717, 1.165) is 10.9 Å². The van der Waals surface area contributed by atoms with Crippen LogP contribution in [0.25, 0.3) is 0 Å². The molecule has 1 heterocycles. The molecule has 0 spiro atoms. The largest absolute Gasteiger partial charge is 0.455 e. The lowest BCUT2D eigenvalue weighted by atomic mass is 10.1. The molecule has 0 aliphatic rings. The Balaban J connectivity index is 1.92. The third-order valence-corrected chi connectivity index (χ3v) is 3.45. The molecule has 0 aliphatic heterocycles. The molecule has 20 heavy (non-hydrogen) atoms. The Morgan fingerprint density at radius 3 is 2.60 bits per heavy atom. The number of furan rings is 1. The van der Waals surface area contributed by atoms with Gasteiger partial charge in [-0.05, 0) is 43.2 Å². The molecule has 3 N–H and O–H groups in total. The van der Waals surface area contributed by atoms with E-state index in [1.807, 2.05) is 31.2 Å². The molecule has 2 rings (SSSR count). The molecule has 1 amide bonds. The van der Waals surface area contributed by atoms with Gasteiger partial charge in [0.25, 0.3) is 5.91 Å². The van der Waals surface area contributed by atoms with Crippen molar-refractivity contribution in [1.82, 2.24) is 5.32 Å². The van der Waals surface area contributed by atoms with Gasteiger partial charge in [-0.1, -0.05) is 28.1 Å². The standard InChI is InChI=1S/C15H17BrN2O2/c1-10(8-11-2-4-12(16)5-3-11)18-15(19)14-7-6-13(9-17)20-14/h2-7,10H,8-9,17H2,1H3,(H,18,19). The number of nitrogens with one attached hydrogen (secondary N) is 1. The highest BCUT2D eigenvalue weighted by Crippen LogP contribution is 2.12. The molecule has 0 radical (unpaired) electrons. The van der Waals surface area contributed by atoms with Gasteiger partial charge in [0.1, 0.15) is 5.76 Å². The fourth-order valence-electron chi connectivity index (χ4n) is 1.93. The minimum Gasteiger partial charge on any atom is -0.455 e. The van der Waals surface area contributed by atoms with Crippen LogP contribution in [0.3, 0.4) is 0 Å². The summed E-state index contributed by atoms with van der Waals surface area (Å²) in [4.78, 5) is 12.0. The van der Waals surface area contributed by atoms with Gasteiger partial charge in [0.2, 0.25) is 0 Å². The van der Waals surface area contributed by atoms with E-state index in [0.29, 0.717) is 18.1 Å². The van der Waals surface area contributed by atoms with E-state index in [1.54, 1.807) is 12.1 Å². The van der Waals surface area contributed by atoms with Crippen LogP contribution in [-0.4, -0.2) is 11.9 Å². The van der Waals surface area contributed by atoms with Crippen molar-refractivity contribution in [3.63, 3.8) is 0 Å². The zero-order valence-corrected chi connectivity index (χ0v) is 12.8. The van der Waals surface area contributed by atoms with Gasteiger partial charge in [-0.25, -0.2) is 0 Å². The number of carbonyl (C=O) groups is 1. The van der Waals surface area contributed by atoms with Crippen LogP contribution in [0.5, 0.6) is 0 Å². The van der Waals surface area contributed by atoms with E-state index in [-0.39, 0.29) is 11.9 Å². The predicted octanol–water partition coefficient (Wildman–Crippen LogP) is 2.86. The highest BCUT2D eigenvalue weighted by Gasteiger charge is 2.13. The molecule has 106 valence electrons. The predicted molar refractivity (Wildman–Crippen MR) is 81.4 cm³/mol. The van der Waals surface area contributed by atoms with E-state index >= 15 is 0 Å². The van der Waals surface area contributed by atoms with Gasteiger partial charge >= 0.3 is 0 Å². The smallest absolute Gasteiger partial charge is 0.287 e. The third-order valence-electron chi connectivity index (χ3n) is 2.92. The molecule has 2 aromatic rings. The Kier molecular flexibility index (Phi) is 4.98. The number of carbonyl (C=O) groups excluding carboxylic acids is 1. The Labute approximate surface area is 126 Å². The molecule has 0 saturated carbocycles. The van der Waals surface area contributed by atoms with Crippen molar-refractivity contribution in [2.24, 2.45) is 5.73 Å². The minimum absolute atomic E-state index is 0.0232. The van der Waals surface area contributed by atoms with Gasteiger partial charge in [0.15, 0.2) is 5.76 Å². The summed E-state index contributed by atoms with van der Waals surface area (Å²) >= 11 is 3.40. The first-order valence-corrected chi connectivity index (χ1v) is 7.22. The van der Waals surface area contributed by atoms with Crippen molar-refractivity contribution in [2.75, 3.05) is 0 Å². The van der Waals surface area contributed by atoms with E-state index in [2.05, 4.69) is 21.2 Å². The number of benzene rings is 1. The Hall–Kier alpha value is -1.59. The third kappa shape index (κ3) is 3.95. The molecule has 1 aromatic carbocycles. The second-order valence-corrected chi connectivity index (χ2v) is 5.59. The van der Waals surface area contributed by atoms with Crippen LogP contribution in [0.15, 0.2) is 45.3 Å². The summed E-state index contributed by atoms with van der Waals surface area (Å²) < 4.78 is 6.36. The lowest BCUT2D eigenvalue weighted by molar-refractivity contribution is 0.0910. The van der Waals surface area contributed by atoms with Crippen LogP contribution in [0.1, 0.15) is 28.8 Å². The Bertz CT molecular complexity index is 578. The second kappa shape index (κ2) is 6.72. The summed E-state index contributed by atoms with van der Waals surface area (Å²) in [5.74, 6) is 0.693. The zero-order valence-electron chi connectivity index (χ0n) is 11.2. The molecule has 4 nitrogen and oxygen atoms in total. The number of hydrogen-bond donors (Lipinski definition) is 2. The number of halogens is 1. The first-order valence-electron chi connectivity index (χ1n) is 6.42. The van der Waals surface area contributed by atoms with Gasteiger partial charge in [0.05, 0.1) is 6.54 Å². The number of nitrogens with two attached hydrogens (primary N) is 1. The van der Waals surface area contributed by atoms with E-state index < -0.39 is 0 Å². The van der Waals surface area contributed by atoms with Crippen LogP contribution in [-0.2, 0) is 13.0 Å². The molecule has 5 heteroatoms. The van der Waals surface area contributed by atoms with Crippen LogP contribution in [0.2, 0.25) is 0 Å². The van der Waals surface area contributed by atoms with Crippen molar-refractivity contribution in [1.29, 1.82) is 0 Å². The topological polar surface area (TPSA) is 68.3 Å². The van der Waals surface area contributed by atoms with Crippen LogP contribution in [0, 0.1) is 0 Å². The first kappa shape index (κ1) is 14.8. The van der Waals surface area contributed by atoms with Crippen molar-refractivity contribution in [3.05, 3.63) is 58.0 Å².